The number of aryl methyl sites for hydroxylation is 1. The highest BCUT2D eigenvalue weighted by Gasteiger charge is 2.15. The molecule has 3 heteroatoms. The van der Waals surface area contributed by atoms with Gasteiger partial charge >= 0.3 is 0 Å². The molecule has 3 nitrogen and oxygen atoms in total. The maximum absolute atomic E-state index is 5.67. The van der Waals surface area contributed by atoms with E-state index in [1.54, 1.807) is 0 Å². The van der Waals surface area contributed by atoms with Crippen LogP contribution < -0.4 is 5.73 Å². The first kappa shape index (κ1) is 12.4. The van der Waals surface area contributed by atoms with Gasteiger partial charge in [0.25, 0.3) is 0 Å². The van der Waals surface area contributed by atoms with Crippen LogP contribution in [0, 0.1) is 0 Å². The number of nitrogen functional groups attached to an aromatic ring is 1. The summed E-state index contributed by atoms with van der Waals surface area (Å²) in [5.74, 6) is 0. The van der Waals surface area contributed by atoms with Gasteiger partial charge in [-0.3, -0.25) is 4.90 Å². The van der Waals surface area contributed by atoms with Crippen LogP contribution in [-0.2, 0) is 11.2 Å². The lowest BCUT2D eigenvalue weighted by atomic mass is 10.1. The van der Waals surface area contributed by atoms with Crippen LogP contribution in [0.15, 0.2) is 24.3 Å². The molecule has 1 aromatic rings. The van der Waals surface area contributed by atoms with Crippen LogP contribution in [0.25, 0.3) is 0 Å². The molecule has 0 aliphatic carbocycles. The number of hydrogen-bond donors (Lipinski definition) is 1. The van der Waals surface area contributed by atoms with Crippen molar-refractivity contribution < 1.29 is 4.74 Å². The Bertz CT molecular complexity index is 337. The van der Waals surface area contributed by atoms with Crippen molar-refractivity contribution in [3.05, 3.63) is 29.8 Å². The number of morpholine rings is 1. The third-order valence-electron chi connectivity index (χ3n) is 3.24. The van der Waals surface area contributed by atoms with Crippen molar-refractivity contribution in [2.45, 2.75) is 25.9 Å². The predicted octanol–water partition coefficient (Wildman–Crippen LogP) is 1.92. The first-order valence-electron chi connectivity index (χ1n) is 6.42. The maximum Gasteiger partial charge on any atom is 0.0674 e. The van der Waals surface area contributed by atoms with E-state index >= 15 is 0 Å². The Kier molecular flexibility index (Phi) is 4.40. The summed E-state index contributed by atoms with van der Waals surface area (Å²) in [5, 5.41) is 0. The second-order valence-electron chi connectivity index (χ2n) is 4.83. The number of nitrogens with zero attached hydrogens (tertiary/aromatic N) is 1. The van der Waals surface area contributed by atoms with E-state index in [9.17, 15) is 0 Å². The van der Waals surface area contributed by atoms with Crippen molar-refractivity contribution >= 4 is 5.69 Å². The number of hydrogen-bond acceptors (Lipinski definition) is 3. The zero-order valence-electron chi connectivity index (χ0n) is 10.6. The molecule has 1 saturated heterocycles. The van der Waals surface area contributed by atoms with Crippen LogP contribution in [-0.4, -0.2) is 37.2 Å². The molecule has 94 valence electrons. The molecular formula is C14H22N2O. The van der Waals surface area contributed by atoms with Gasteiger partial charge in [0.1, 0.15) is 0 Å². The molecule has 1 aromatic carbocycles. The van der Waals surface area contributed by atoms with Gasteiger partial charge in [0.2, 0.25) is 0 Å². The third kappa shape index (κ3) is 4.02. The van der Waals surface area contributed by atoms with Gasteiger partial charge in [-0.15, -0.1) is 0 Å². The Morgan fingerprint density at radius 2 is 2.12 bits per heavy atom. The van der Waals surface area contributed by atoms with E-state index < -0.39 is 0 Å². The Morgan fingerprint density at radius 3 is 2.82 bits per heavy atom. The molecule has 0 aromatic heterocycles. The molecule has 2 N–H and O–H groups in total. The van der Waals surface area contributed by atoms with Crippen LogP contribution in [0.5, 0.6) is 0 Å². The molecule has 17 heavy (non-hydrogen) atoms. The maximum atomic E-state index is 5.67. The number of rotatable bonds is 4. The summed E-state index contributed by atoms with van der Waals surface area (Å²) < 4.78 is 5.53. The molecule has 2 rings (SSSR count). The van der Waals surface area contributed by atoms with E-state index in [2.05, 4.69) is 24.0 Å². The molecule has 1 atom stereocenters. The molecular weight excluding hydrogens is 212 g/mol. The zero-order valence-corrected chi connectivity index (χ0v) is 10.6. The molecule has 0 radical (unpaired) electrons. The van der Waals surface area contributed by atoms with E-state index in [0.29, 0.717) is 6.10 Å². The monoisotopic (exact) mass is 234 g/mol. The predicted molar refractivity (Wildman–Crippen MR) is 71.0 cm³/mol. The highest BCUT2D eigenvalue weighted by Crippen LogP contribution is 2.09. The lowest BCUT2D eigenvalue weighted by molar-refractivity contribution is -0.0184. The first-order chi connectivity index (χ1) is 8.24. The highest BCUT2D eigenvalue weighted by atomic mass is 16.5. The molecule has 1 heterocycles. The first-order valence-corrected chi connectivity index (χ1v) is 6.42. The molecule has 0 spiro atoms. The van der Waals surface area contributed by atoms with Gasteiger partial charge in [-0.05, 0) is 44.0 Å². The summed E-state index contributed by atoms with van der Waals surface area (Å²) >= 11 is 0. The molecule has 0 saturated carbocycles. The summed E-state index contributed by atoms with van der Waals surface area (Å²) in [6.45, 7) is 6.33. The average molecular weight is 234 g/mol. The standard InChI is InChI=1S/C14H22N2O/c1-12-11-16(9-10-17-12)8-2-3-13-4-6-14(15)7-5-13/h4-7,12H,2-3,8-11,15H2,1H3. The van der Waals surface area contributed by atoms with Gasteiger partial charge in [0.15, 0.2) is 0 Å². The summed E-state index contributed by atoms with van der Waals surface area (Å²) in [5.41, 5.74) is 7.88. The Hall–Kier alpha value is -1.06. The SMILES string of the molecule is CC1CN(CCCc2ccc(N)cc2)CCO1. The van der Waals surface area contributed by atoms with Gasteiger partial charge in [0, 0.05) is 18.8 Å². The van der Waals surface area contributed by atoms with E-state index in [0.717, 1.165) is 38.3 Å². The lowest BCUT2D eigenvalue weighted by Crippen LogP contribution is -2.41. The minimum Gasteiger partial charge on any atom is -0.399 e. The zero-order chi connectivity index (χ0) is 12.1. The van der Waals surface area contributed by atoms with Gasteiger partial charge in [-0.2, -0.15) is 0 Å². The smallest absolute Gasteiger partial charge is 0.0674 e. The van der Waals surface area contributed by atoms with Crippen molar-refractivity contribution in [2.24, 2.45) is 0 Å². The molecule has 0 amide bonds. The molecule has 0 bridgehead atoms. The number of ether oxygens (including phenoxy) is 1. The summed E-state index contributed by atoms with van der Waals surface area (Å²) in [6, 6.07) is 8.20. The van der Waals surface area contributed by atoms with Crippen molar-refractivity contribution in [1.82, 2.24) is 4.90 Å². The highest BCUT2D eigenvalue weighted by molar-refractivity contribution is 5.39. The van der Waals surface area contributed by atoms with Crippen molar-refractivity contribution in [3.63, 3.8) is 0 Å². The fourth-order valence-corrected chi connectivity index (χ4v) is 2.28. The third-order valence-corrected chi connectivity index (χ3v) is 3.24. The van der Waals surface area contributed by atoms with E-state index in [-0.39, 0.29) is 0 Å². The molecule has 1 aliphatic heterocycles. The van der Waals surface area contributed by atoms with Crippen LogP contribution in [0.4, 0.5) is 5.69 Å². The van der Waals surface area contributed by atoms with E-state index in [1.807, 2.05) is 12.1 Å². The minimum atomic E-state index is 0.389. The quantitative estimate of drug-likeness (QED) is 0.809. The Balaban J connectivity index is 1.70. The van der Waals surface area contributed by atoms with Gasteiger partial charge < -0.3 is 10.5 Å². The Labute approximate surface area is 104 Å². The van der Waals surface area contributed by atoms with Crippen LogP contribution in [0.2, 0.25) is 0 Å². The van der Waals surface area contributed by atoms with E-state index in [4.69, 9.17) is 10.5 Å². The second-order valence-corrected chi connectivity index (χ2v) is 4.83. The van der Waals surface area contributed by atoms with Gasteiger partial charge in [-0.1, -0.05) is 12.1 Å². The van der Waals surface area contributed by atoms with E-state index in [1.165, 1.54) is 12.0 Å². The fourth-order valence-electron chi connectivity index (χ4n) is 2.28. The summed E-state index contributed by atoms with van der Waals surface area (Å²) in [4.78, 5) is 2.49. The Morgan fingerprint density at radius 1 is 1.35 bits per heavy atom. The average Bonchev–Trinajstić information content (AvgIpc) is 2.32. The number of nitrogens with two attached hydrogens (primary N) is 1. The van der Waals surface area contributed by atoms with Crippen LogP contribution in [0.1, 0.15) is 18.9 Å². The summed E-state index contributed by atoms with van der Waals surface area (Å²) in [6.07, 6.45) is 2.73. The van der Waals surface area contributed by atoms with Gasteiger partial charge in [-0.25, -0.2) is 0 Å². The van der Waals surface area contributed by atoms with Crippen molar-refractivity contribution in [1.29, 1.82) is 0 Å². The molecule has 1 unspecified atom stereocenters. The van der Waals surface area contributed by atoms with Crippen molar-refractivity contribution in [3.8, 4) is 0 Å². The summed E-state index contributed by atoms with van der Waals surface area (Å²) in [7, 11) is 0. The van der Waals surface area contributed by atoms with Gasteiger partial charge in [0.05, 0.1) is 12.7 Å². The number of anilines is 1. The number of benzene rings is 1. The second kappa shape index (κ2) is 6.03. The normalized spacial score (nSPS) is 21.6. The minimum absolute atomic E-state index is 0.389. The largest absolute Gasteiger partial charge is 0.399 e. The topological polar surface area (TPSA) is 38.5 Å². The lowest BCUT2D eigenvalue weighted by Gasteiger charge is -2.30. The fraction of sp³-hybridized carbons (Fsp3) is 0.571. The van der Waals surface area contributed by atoms with Crippen LogP contribution >= 0.6 is 0 Å². The molecule has 1 aliphatic rings. The molecule has 1 fully saturated rings. The van der Waals surface area contributed by atoms with Crippen molar-refractivity contribution in [2.75, 3.05) is 32.0 Å². The van der Waals surface area contributed by atoms with Crippen LogP contribution in [0.3, 0.4) is 0 Å².